The van der Waals surface area contributed by atoms with Gasteiger partial charge in [-0.3, -0.25) is 4.90 Å². The van der Waals surface area contributed by atoms with Crippen LogP contribution in [0.25, 0.3) is 0 Å². The van der Waals surface area contributed by atoms with Gasteiger partial charge in [0.15, 0.2) is 0 Å². The number of hydrogen-bond donors (Lipinski definition) is 1. The molecule has 2 N–H and O–H groups in total. The molecule has 2 nitrogen and oxygen atoms in total. The second-order valence-electron chi connectivity index (χ2n) is 5.11. The highest BCUT2D eigenvalue weighted by Crippen LogP contribution is 2.38. The Bertz CT molecular complexity index is 405. The molecule has 1 saturated heterocycles. The fourth-order valence-corrected chi connectivity index (χ4v) is 3.38. The summed E-state index contributed by atoms with van der Waals surface area (Å²) in [7, 11) is 0. The summed E-state index contributed by atoms with van der Waals surface area (Å²) >= 11 is 6.20. The lowest BCUT2D eigenvalue weighted by molar-refractivity contribution is 0.205. The van der Waals surface area contributed by atoms with E-state index in [1.807, 2.05) is 12.1 Å². The Kier molecular flexibility index (Phi) is 2.56. The largest absolute Gasteiger partial charge is 0.399 e. The van der Waals surface area contributed by atoms with Crippen LogP contribution in [0, 0.1) is 5.92 Å². The molecular formula is C13H17ClN2. The number of nitrogens with two attached hydrogens (primary N) is 1. The minimum atomic E-state index is 0.747. The van der Waals surface area contributed by atoms with E-state index >= 15 is 0 Å². The molecule has 1 aromatic rings. The van der Waals surface area contributed by atoms with E-state index in [0.29, 0.717) is 0 Å². The van der Waals surface area contributed by atoms with Crippen LogP contribution >= 0.6 is 11.6 Å². The van der Waals surface area contributed by atoms with Gasteiger partial charge in [0.05, 0.1) is 0 Å². The van der Waals surface area contributed by atoms with Crippen LogP contribution in [0.15, 0.2) is 18.2 Å². The second-order valence-corrected chi connectivity index (χ2v) is 5.52. The highest BCUT2D eigenvalue weighted by atomic mass is 35.5. The molecule has 16 heavy (non-hydrogen) atoms. The minimum absolute atomic E-state index is 0.747. The normalized spacial score (nSPS) is 28.8. The number of piperidine rings is 1. The Morgan fingerprint density at radius 2 is 2.25 bits per heavy atom. The average molecular weight is 237 g/mol. The molecule has 0 aromatic heterocycles. The summed E-state index contributed by atoms with van der Waals surface area (Å²) in [6, 6.07) is 6.66. The van der Waals surface area contributed by atoms with Crippen LogP contribution in [-0.4, -0.2) is 17.5 Å². The molecule has 0 spiro atoms. The van der Waals surface area contributed by atoms with Crippen LogP contribution in [0.2, 0.25) is 5.02 Å². The molecule has 3 heteroatoms. The highest BCUT2D eigenvalue weighted by molar-refractivity contribution is 6.31. The molecular weight excluding hydrogens is 220 g/mol. The number of halogens is 1. The predicted molar refractivity (Wildman–Crippen MR) is 67.4 cm³/mol. The Morgan fingerprint density at radius 1 is 1.38 bits per heavy atom. The van der Waals surface area contributed by atoms with Crippen molar-refractivity contribution in [3.05, 3.63) is 28.8 Å². The maximum absolute atomic E-state index is 6.20. The SMILES string of the molecule is Nc1ccc(CN2CC3CCC2C3)c(Cl)c1. The zero-order valence-corrected chi connectivity index (χ0v) is 10.1. The van der Waals surface area contributed by atoms with Crippen LogP contribution in [-0.2, 0) is 6.54 Å². The van der Waals surface area contributed by atoms with Gasteiger partial charge in [-0.2, -0.15) is 0 Å². The van der Waals surface area contributed by atoms with Crippen molar-refractivity contribution in [3.8, 4) is 0 Å². The quantitative estimate of drug-likeness (QED) is 0.801. The number of anilines is 1. The summed E-state index contributed by atoms with van der Waals surface area (Å²) in [5.41, 5.74) is 7.66. The van der Waals surface area contributed by atoms with Gasteiger partial charge in [0.2, 0.25) is 0 Å². The molecule has 1 saturated carbocycles. The number of rotatable bonds is 2. The summed E-state index contributed by atoms with van der Waals surface area (Å²) in [4.78, 5) is 2.57. The van der Waals surface area contributed by atoms with Crippen molar-refractivity contribution in [2.45, 2.75) is 31.8 Å². The van der Waals surface area contributed by atoms with Crippen molar-refractivity contribution in [2.24, 2.45) is 5.92 Å². The Morgan fingerprint density at radius 3 is 2.88 bits per heavy atom. The van der Waals surface area contributed by atoms with Gasteiger partial charge in [-0.05, 0) is 42.9 Å². The molecule has 2 bridgehead atoms. The lowest BCUT2D eigenvalue weighted by Gasteiger charge is -2.27. The van der Waals surface area contributed by atoms with Crippen molar-refractivity contribution in [1.29, 1.82) is 0 Å². The average Bonchev–Trinajstić information content (AvgIpc) is 2.84. The topological polar surface area (TPSA) is 29.3 Å². The lowest BCUT2D eigenvalue weighted by Crippen LogP contribution is -2.31. The third kappa shape index (κ3) is 1.80. The molecule has 1 aliphatic carbocycles. The lowest BCUT2D eigenvalue weighted by atomic mass is 10.1. The van der Waals surface area contributed by atoms with Crippen molar-refractivity contribution in [1.82, 2.24) is 4.90 Å². The Balaban J connectivity index is 1.74. The fourth-order valence-electron chi connectivity index (χ4n) is 3.13. The Labute approximate surface area is 101 Å². The standard InChI is InChI=1S/C13H17ClN2/c14-13-6-11(15)3-2-10(13)8-16-7-9-1-4-12(16)5-9/h2-3,6,9,12H,1,4-5,7-8,15H2. The zero-order chi connectivity index (χ0) is 11.1. The molecule has 0 amide bonds. The molecule has 2 fully saturated rings. The first-order valence-corrected chi connectivity index (χ1v) is 6.38. The van der Waals surface area contributed by atoms with Crippen LogP contribution in [0.4, 0.5) is 5.69 Å². The van der Waals surface area contributed by atoms with Gasteiger partial charge in [-0.25, -0.2) is 0 Å². The predicted octanol–water partition coefficient (Wildman–Crippen LogP) is 2.91. The van der Waals surface area contributed by atoms with Gasteiger partial charge in [0.1, 0.15) is 0 Å². The van der Waals surface area contributed by atoms with Crippen LogP contribution in [0.5, 0.6) is 0 Å². The second kappa shape index (κ2) is 3.94. The molecule has 1 aliphatic heterocycles. The molecule has 2 aliphatic rings. The summed E-state index contributed by atoms with van der Waals surface area (Å²) in [6.07, 6.45) is 4.19. The maximum atomic E-state index is 6.20. The maximum Gasteiger partial charge on any atom is 0.0471 e. The summed E-state index contributed by atoms with van der Waals surface area (Å²) in [5.74, 6) is 0.942. The van der Waals surface area contributed by atoms with Crippen molar-refractivity contribution < 1.29 is 0 Å². The zero-order valence-electron chi connectivity index (χ0n) is 9.32. The summed E-state index contributed by atoms with van der Waals surface area (Å²) < 4.78 is 0. The number of benzene rings is 1. The van der Waals surface area contributed by atoms with E-state index in [1.54, 1.807) is 0 Å². The van der Waals surface area contributed by atoms with E-state index < -0.39 is 0 Å². The third-order valence-corrected chi connectivity index (χ3v) is 4.33. The summed E-state index contributed by atoms with van der Waals surface area (Å²) in [6.45, 7) is 2.24. The van der Waals surface area contributed by atoms with E-state index in [2.05, 4.69) is 11.0 Å². The van der Waals surface area contributed by atoms with E-state index in [1.165, 1.54) is 31.4 Å². The molecule has 2 unspecified atom stereocenters. The first-order valence-electron chi connectivity index (χ1n) is 6.00. The van der Waals surface area contributed by atoms with E-state index in [-0.39, 0.29) is 0 Å². The third-order valence-electron chi connectivity index (χ3n) is 3.97. The monoisotopic (exact) mass is 236 g/mol. The van der Waals surface area contributed by atoms with Crippen molar-refractivity contribution >= 4 is 17.3 Å². The number of nitrogen functional groups attached to an aromatic ring is 1. The number of nitrogens with zero attached hydrogens (tertiary/aromatic N) is 1. The van der Waals surface area contributed by atoms with Crippen LogP contribution < -0.4 is 5.73 Å². The molecule has 1 aromatic carbocycles. The van der Waals surface area contributed by atoms with Gasteiger partial charge in [0.25, 0.3) is 0 Å². The van der Waals surface area contributed by atoms with Gasteiger partial charge < -0.3 is 5.73 Å². The molecule has 86 valence electrons. The Hall–Kier alpha value is -0.730. The molecule has 0 radical (unpaired) electrons. The van der Waals surface area contributed by atoms with E-state index in [9.17, 15) is 0 Å². The highest BCUT2D eigenvalue weighted by Gasteiger charge is 2.37. The molecule has 2 atom stereocenters. The van der Waals surface area contributed by atoms with Gasteiger partial charge in [-0.15, -0.1) is 0 Å². The van der Waals surface area contributed by atoms with E-state index in [0.717, 1.165) is 29.2 Å². The molecule has 1 heterocycles. The minimum Gasteiger partial charge on any atom is -0.399 e. The van der Waals surface area contributed by atoms with E-state index in [4.69, 9.17) is 17.3 Å². The number of likely N-dealkylation sites (tertiary alicyclic amines) is 1. The first kappa shape index (κ1) is 10.4. The number of hydrogen-bond acceptors (Lipinski definition) is 2. The van der Waals surface area contributed by atoms with Crippen LogP contribution in [0.1, 0.15) is 24.8 Å². The van der Waals surface area contributed by atoms with Gasteiger partial charge >= 0.3 is 0 Å². The first-order chi connectivity index (χ1) is 7.72. The van der Waals surface area contributed by atoms with Crippen molar-refractivity contribution in [3.63, 3.8) is 0 Å². The van der Waals surface area contributed by atoms with Crippen LogP contribution in [0.3, 0.4) is 0 Å². The van der Waals surface area contributed by atoms with Gasteiger partial charge in [0, 0.05) is 29.8 Å². The van der Waals surface area contributed by atoms with Gasteiger partial charge in [-0.1, -0.05) is 17.7 Å². The molecule has 3 rings (SSSR count). The van der Waals surface area contributed by atoms with Crippen molar-refractivity contribution in [2.75, 3.05) is 12.3 Å². The fraction of sp³-hybridized carbons (Fsp3) is 0.538. The summed E-state index contributed by atoms with van der Waals surface area (Å²) in [5, 5.41) is 0.808. The smallest absolute Gasteiger partial charge is 0.0471 e. The number of fused-ring (bicyclic) bond motifs is 2.